The number of ether oxygens (including phenoxy) is 1. The second kappa shape index (κ2) is 17.5. The van der Waals surface area contributed by atoms with Gasteiger partial charge in [0.1, 0.15) is 5.75 Å². The number of nitro groups is 1. The summed E-state index contributed by atoms with van der Waals surface area (Å²) in [6.07, 6.45) is 17.6. The molecule has 0 radical (unpaired) electrons. The van der Waals surface area contributed by atoms with E-state index < -0.39 is 4.92 Å². The molecule has 0 aliphatic rings. The van der Waals surface area contributed by atoms with Gasteiger partial charge in [-0.25, -0.2) is 0 Å². The molecular weight excluding hydrogens is 464 g/mol. The number of carbonyl (C=O) groups excluding carboxylic acids is 1. The van der Waals surface area contributed by atoms with Crippen molar-refractivity contribution >= 4 is 17.3 Å². The van der Waals surface area contributed by atoms with E-state index in [1.807, 2.05) is 32.0 Å². The molecule has 0 unspecified atom stereocenters. The Balaban J connectivity index is 1.85. The number of nitro benzene ring substituents is 1. The van der Waals surface area contributed by atoms with Crippen LogP contribution in [-0.2, 0) is 6.42 Å². The highest BCUT2D eigenvalue weighted by Crippen LogP contribution is 2.27. The number of aryl methyl sites for hydroxylation is 1. The average Bonchev–Trinajstić information content (AvgIpc) is 2.86. The Hall–Kier alpha value is -2.89. The number of carbonyl (C=O) groups is 1. The maximum atomic E-state index is 13.3. The first-order chi connectivity index (χ1) is 17.9. The minimum atomic E-state index is -0.467. The lowest BCUT2D eigenvalue weighted by Crippen LogP contribution is -2.18. The molecule has 0 bridgehead atoms. The number of non-ortho nitro benzene ring substituents is 1. The van der Waals surface area contributed by atoms with Gasteiger partial charge in [0.25, 0.3) is 11.6 Å². The smallest absolute Gasteiger partial charge is 0.271 e. The minimum Gasteiger partial charge on any atom is -0.490 e. The van der Waals surface area contributed by atoms with E-state index in [1.54, 1.807) is 12.1 Å². The molecule has 1 amide bonds. The first-order valence-corrected chi connectivity index (χ1v) is 14.3. The number of nitrogens with zero attached hydrogens (tertiary/aromatic N) is 1. The van der Waals surface area contributed by atoms with Crippen molar-refractivity contribution < 1.29 is 14.5 Å². The van der Waals surface area contributed by atoms with Crippen LogP contribution in [0.4, 0.5) is 11.4 Å². The molecular formula is C31H46N2O4. The van der Waals surface area contributed by atoms with Crippen LogP contribution in [0.5, 0.6) is 5.75 Å². The van der Waals surface area contributed by atoms with E-state index in [1.165, 1.54) is 82.8 Å². The minimum absolute atomic E-state index is 0.0586. The van der Waals surface area contributed by atoms with Crippen LogP contribution >= 0.6 is 0 Å². The molecule has 0 atom stereocenters. The van der Waals surface area contributed by atoms with Crippen LogP contribution in [0.2, 0.25) is 0 Å². The van der Waals surface area contributed by atoms with Gasteiger partial charge in [-0.05, 0) is 44.4 Å². The van der Waals surface area contributed by atoms with Crippen LogP contribution in [0.25, 0.3) is 0 Å². The Kier molecular flexibility index (Phi) is 14.4. The zero-order valence-electron chi connectivity index (χ0n) is 23.1. The van der Waals surface area contributed by atoms with Crippen LogP contribution < -0.4 is 10.1 Å². The van der Waals surface area contributed by atoms with Crippen LogP contribution in [0, 0.1) is 10.1 Å². The molecule has 2 aromatic rings. The number of nitrogens with one attached hydrogen (secondary N) is 1. The van der Waals surface area contributed by atoms with Gasteiger partial charge in [0.05, 0.1) is 16.6 Å². The van der Waals surface area contributed by atoms with Gasteiger partial charge >= 0.3 is 0 Å². The quantitative estimate of drug-likeness (QED) is 0.116. The highest BCUT2D eigenvalue weighted by Gasteiger charge is 2.19. The summed E-state index contributed by atoms with van der Waals surface area (Å²) in [6, 6.07) is 11.7. The molecule has 2 aromatic carbocycles. The van der Waals surface area contributed by atoms with Gasteiger partial charge in [0.15, 0.2) is 0 Å². The maximum absolute atomic E-state index is 13.3. The molecule has 37 heavy (non-hydrogen) atoms. The van der Waals surface area contributed by atoms with E-state index in [0.717, 1.165) is 24.8 Å². The fraction of sp³-hybridized carbons (Fsp3) is 0.581. The topological polar surface area (TPSA) is 81.5 Å². The summed E-state index contributed by atoms with van der Waals surface area (Å²) in [5.41, 5.74) is 1.80. The summed E-state index contributed by atoms with van der Waals surface area (Å²) in [7, 11) is 0. The molecule has 0 fully saturated rings. The fourth-order valence-electron chi connectivity index (χ4n) is 4.62. The molecule has 0 saturated carbocycles. The van der Waals surface area contributed by atoms with Crippen molar-refractivity contribution in [1.29, 1.82) is 0 Å². The van der Waals surface area contributed by atoms with Gasteiger partial charge < -0.3 is 10.1 Å². The number of benzene rings is 2. The summed E-state index contributed by atoms with van der Waals surface area (Å²) in [6.45, 7) is 6.13. The Bertz CT molecular complexity index is 958. The summed E-state index contributed by atoms with van der Waals surface area (Å²) < 4.78 is 5.96. The standard InChI is InChI=1S/C31H46N2O4/c1-4-5-6-7-8-9-10-11-12-13-14-15-16-19-26-20-17-23-29(37-25(2)3)30(26)31(34)32-27-21-18-22-28(24-27)33(35)36/h17-18,20-25H,4-16,19H2,1-3H3,(H,32,34). The lowest BCUT2D eigenvalue weighted by molar-refractivity contribution is -0.384. The molecule has 0 saturated heterocycles. The molecule has 0 aliphatic carbocycles. The van der Waals surface area contributed by atoms with E-state index in [0.29, 0.717) is 17.0 Å². The monoisotopic (exact) mass is 510 g/mol. The summed E-state index contributed by atoms with van der Waals surface area (Å²) in [5, 5.41) is 13.9. The molecule has 6 nitrogen and oxygen atoms in total. The Morgan fingerprint density at radius 1 is 0.865 bits per heavy atom. The third kappa shape index (κ3) is 11.8. The molecule has 0 aliphatic heterocycles. The number of unbranched alkanes of at least 4 members (excludes halogenated alkanes) is 12. The van der Waals surface area contributed by atoms with E-state index >= 15 is 0 Å². The summed E-state index contributed by atoms with van der Waals surface area (Å²) in [5.74, 6) is 0.242. The zero-order valence-corrected chi connectivity index (χ0v) is 23.1. The van der Waals surface area contributed by atoms with Crippen molar-refractivity contribution in [1.82, 2.24) is 0 Å². The molecule has 6 heteroatoms. The summed E-state index contributed by atoms with van der Waals surface area (Å²) in [4.78, 5) is 23.9. The fourth-order valence-corrected chi connectivity index (χ4v) is 4.62. The average molecular weight is 511 g/mol. The van der Waals surface area contributed by atoms with Gasteiger partial charge in [-0.2, -0.15) is 0 Å². The van der Waals surface area contributed by atoms with Gasteiger partial charge in [-0.3, -0.25) is 14.9 Å². The number of rotatable bonds is 19. The number of hydrogen-bond acceptors (Lipinski definition) is 4. The number of hydrogen-bond donors (Lipinski definition) is 1. The van der Waals surface area contributed by atoms with Crippen molar-refractivity contribution in [3.8, 4) is 5.75 Å². The third-order valence-corrected chi connectivity index (χ3v) is 6.57. The first kappa shape index (κ1) is 30.3. The van der Waals surface area contributed by atoms with Crippen molar-refractivity contribution in [2.75, 3.05) is 5.32 Å². The molecule has 0 spiro atoms. The SMILES string of the molecule is CCCCCCCCCCCCCCCc1cccc(OC(C)C)c1C(=O)Nc1cccc([N+](=O)[O-])c1. The van der Waals surface area contributed by atoms with Crippen LogP contribution in [0.3, 0.4) is 0 Å². The predicted molar refractivity (Wildman–Crippen MR) is 153 cm³/mol. The molecule has 0 heterocycles. The summed E-state index contributed by atoms with van der Waals surface area (Å²) >= 11 is 0. The molecule has 2 rings (SSSR count). The molecule has 204 valence electrons. The van der Waals surface area contributed by atoms with Crippen molar-refractivity contribution in [2.24, 2.45) is 0 Å². The van der Waals surface area contributed by atoms with Crippen molar-refractivity contribution in [3.05, 3.63) is 63.7 Å². The van der Waals surface area contributed by atoms with E-state index in [-0.39, 0.29) is 17.7 Å². The molecule has 1 N–H and O–H groups in total. The largest absolute Gasteiger partial charge is 0.490 e. The Morgan fingerprint density at radius 2 is 1.43 bits per heavy atom. The molecule has 0 aromatic heterocycles. The second-order valence-electron chi connectivity index (χ2n) is 10.2. The Labute approximate surface area is 223 Å². The predicted octanol–water partition coefficient (Wildman–Crippen LogP) is 9.27. The normalized spacial score (nSPS) is 11.0. The maximum Gasteiger partial charge on any atom is 0.271 e. The highest BCUT2D eigenvalue weighted by molar-refractivity contribution is 6.07. The zero-order chi connectivity index (χ0) is 26.9. The van der Waals surface area contributed by atoms with E-state index in [4.69, 9.17) is 4.74 Å². The van der Waals surface area contributed by atoms with Gasteiger partial charge in [-0.15, -0.1) is 0 Å². The van der Waals surface area contributed by atoms with Crippen LogP contribution in [-0.4, -0.2) is 16.9 Å². The van der Waals surface area contributed by atoms with Gasteiger partial charge in [0.2, 0.25) is 0 Å². The van der Waals surface area contributed by atoms with Gasteiger partial charge in [-0.1, -0.05) is 102 Å². The number of anilines is 1. The van der Waals surface area contributed by atoms with Gasteiger partial charge in [0, 0.05) is 17.8 Å². The van der Waals surface area contributed by atoms with E-state index in [9.17, 15) is 14.9 Å². The van der Waals surface area contributed by atoms with Crippen molar-refractivity contribution in [2.45, 2.75) is 117 Å². The highest BCUT2D eigenvalue weighted by atomic mass is 16.6. The third-order valence-electron chi connectivity index (χ3n) is 6.57. The van der Waals surface area contributed by atoms with Crippen LogP contribution in [0.1, 0.15) is 120 Å². The van der Waals surface area contributed by atoms with E-state index in [2.05, 4.69) is 12.2 Å². The Morgan fingerprint density at radius 3 is 2.00 bits per heavy atom. The lowest BCUT2D eigenvalue weighted by Gasteiger charge is -2.17. The second-order valence-corrected chi connectivity index (χ2v) is 10.2. The lowest BCUT2D eigenvalue weighted by atomic mass is 9.98. The first-order valence-electron chi connectivity index (χ1n) is 14.3. The van der Waals surface area contributed by atoms with Crippen molar-refractivity contribution in [3.63, 3.8) is 0 Å². The van der Waals surface area contributed by atoms with Crippen LogP contribution in [0.15, 0.2) is 42.5 Å². The number of amides is 1.